The standard InChI is InChI=1S/C7H14O4/c1-2-3-4-5-10-11-6-7(8)9/h2-6H2,1H3,(H,8,9)/p-1. The topological polar surface area (TPSA) is 58.6 Å². The quantitative estimate of drug-likeness (QED) is 0.296. The second-order valence-corrected chi connectivity index (χ2v) is 2.16. The lowest BCUT2D eigenvalue weighted by molar-refractivity contribution is -0.342. The molecule has 0 fully saturated rings. The summed E-state index contributed by atoms with van der Waals surface area (Å²) in [6.07, 6.45) is 3.06. The van der Waals surface area contributed by atoms with Crippen LogP contribution < -0.4 is 5.11 Å². The van der Waals surface area contributed by atoms with Crippen molar-refractivity contribution in [1.82, 2.24) is 0 Å². The molecular formula is C7H13O4-. The van der Waals surface area contributed by atoms with E-state index in [0.717, 1.165) is 19.3 Å². The maximum absolute atomic E-state index is 9.77. The summed E-state index contributed by atoms with van der Waals surface area (Å²) in [5.74, 6) is -1.26. The van der Waals surface area contributed by atoms with Crippen LogP contribution in [-0.2, 0) is 14.6 Å². The second kappa shape index (κ2) is 7.50. The number of hydrogen-bond acceptors (Lipinski definition) is 4. The Morgan fingerprint density at radius 2 is 2.09 bits per heavy atom. The first-order valence-corrected chi connectivity index (χ1v) is 3.71. The van der Waals surface area contributed by atoms with Gasteiger partial charge in [0.15, 0.2) is 0 Å². The Morgan fingerprint density at radius 3 is 2.64 bits per heavy atom. The van der Waals surface area contributed by atoms with Gasteiger partial charge in [-0.2, -0.15) is 0 Å². The van der Waals surface area contributed by atoms with E-state index in [1.807, 2.05) is 0 Å². The molecule has 0 heterocycles. The number of unbranched alkanes of at least 4 members (excludes halogenated alkanes) is 2. The zero-order valence-electron chi connectivity index (χ0n) is 6.67. The van der Waals surface area contributed by atoms with Crippen molar-refractivity contribution in [2.24, 2.45) is 0 Å². The molecule has 0 aliphatic rings. The molecule has 0 aliphatic heterocycles. The molecule has 0 radical (unpaired) electrons. The van der Waals surface area contributed by atoms with Crippen molar-refractivity contribution in [1.29, 1.82) is 0 Å². The number of carboxylic acid groups (broad SMARTS) is 1. The summed E-state index contributed by atoms with van der Waals surface area (Å²) in [4.78, 5) is 18.6. The van der Waals surface area contributed by atoms with Crippen LogP contribution in [0.15, 0.2) is 0 Å². The highest BCUT2D eigenvalue weighted by Crippen LogP contribution is 1.93. The first-order valence-electron chi connectivity index (χ1n) is 3.71. The van der Waals surface area contributed by atoms with Gasteiger partial charge in [-0.25, -0.2) is 9.78 Å². The van der Waals surface area contributed by atoms with Gasteiger partial charge in [-0.1, -0.05) is 19.8 Å². The molecule has 66 valence electrons. The molecule has 0 unspecified atom stereocenters. The Hall–Kier alpha value is -0.610. The van der Waals surface area contributed by atoms with E-state index in [-0.39, 0.29) is 0 Å². The number of carboxylic acids is 1. The van der Waals surface area contributed by atoms with Gasteiger partial charge in [0.05, 0.1) is 12.6 Å². The van der Waals surface area contributed by atoms with E-state index in [0.29, 0.717) is 6.61 Å². The molecule has 0 rings (SSSR count). The molecule has 0 saturated carbocycles. The van der Waals surface area contributed by atoms with Crippen LogP contribution in [0.3, 0.4) is 0 Å². The van der Waals surface area contributed by atoms with Gasteiger partial charge < -0.3 is 9.90 Å². The van der Waals surface area contributed by atoms with Crippen molar-refractivity contribution in [3.05, 3.63) is 0 Å². The SMILES string of the molecule is CCCCCOOCC(=O)[O-]. The number of rotatable bonds is 7. The van der Waals surface area contributed by atoms with E-state index >= 15 is 0 Å². The van der Waals surface area contributed by atoms with Gasteiger partial charge >= 0.3 is 0 Å². The second-order valence-electron chi connectivity index (χ2n) is 2.16. The van der Waals surface area contributed by atoms with E-state index in [2.05, 4.69) is 16.7 Å². The summed E-state index contributed by atoms with van der Waals surface area (Å²) in [5, 5.41) is 9.77. The first-order chi connectivity index (χ1) is 5.27. The average Bonchev–Trinajstić information content (AvgIpc) is 1.96. The number of aliphatic carboxylic acids is 1. The van der Waals surface area contributed by atoms with Gasteiger partial charge in [0, 0.05) is 0 Å². The molecule has 0 aliphatic carbocycles. The molecule has 0 amide bonds. The van der Waals surface area contributed by atoms with Gasteiger partial charge in [0.2, 0.25) is 0 Å². The minimum Gasteiger partial charge on any atom is -0.547 e. The molecule has 4 heteroatoms. The van der Waals surface area contributed by atoms with E-state index in [1.165, 1.54) is 0 Å². The van der Waals surface area contributed by atoms with Gasteiger partial charge in [0.1, 0.15) is 6.61 Å². The first kappa shape index (κ1) is 10.4. The molecule has 0 aromatic rings. The summed E-state index contributed by atoms with van der Waals surface area (Å²) in [5.41, 5.74) is 0. The third-order valence-corrected chi connectivity index (χ3v) is 1.09. The Bertz CT molecular complexity index is 103. The molecule has 11 heavy (non-hydrogen) atoms. The molecule has 0 aromatic heterocycles. The van der Waals surface area contributed by atoms with Gasteiger partial charge in [-0.15, -0.1) is 0 Å². The third-order valence-electron chi connectivity index (χ3n) is 1.09. The van der Waals surface area contributed by atoms with Crippen molar-refractivity contribution in [3.8, 4) is 0 Å². The van der Waals surface area contributed by atoms with Crippen LogP contribution in [0.5, 0.6) is 0 Å². The zero-order chi connectivity index (χ0) is 8.53. The zero-order valence-corrected chi connectivity index (χ0v) is 6.67. The molecule has 0 spiro atoms. The highest BCUT2D eigenvalue weighted by atomic mass is 17.2. The molecule has 0 saturated heterocycles. The Morgan fingerprint density at radius 1 is 1.36 bits per heavy atom. The number of carbonyl (C=O) groups is 1. The molecular weight excluding hydrogens is 148 g/mol. The lowest BCUT2D eigenvalue weighted by Crippen LogP contribution is -2.27. The minimum atomic E-state index is -1.26. The highest BCUT2D eigenvalue weighted by molar-refractivity contribution is 5.65. The summed E-state index contributed by atoms with van der Waals surface area (Å²) in [6, 6.07) is 0. The lowest BCUT2D eigenvalue weighted by atomic mass is 10.3. The molecule has 0 bridgehead atoms. The van der Waals surface area contributed by atoms with Crippen LogP contribution in [0, 0.1) is 0 Å². The summed E-state index contributed by atoms with van der Waals surface area (Å²) in [7, 11) is 0. The third kappa shape index (κ3) is 9.39. The summed E-state index contributed by atoms with van der Waals surface area (Å²) in [6.45, 7) is 2.02. The van der Waals surface area contributed by atoms with E-state index in [4.69, 9.17) is 0 Å². The van der Waals surface area contributed by atoms with Crippen molar-refractivity contribution < 1.29 is 19.7 Å². The molecule has 4 nitrogen and oxygen atoms in total. The van der Waals surface area contributed by atoms with Gasteiger partial charge in [0.25, 0.3) is 0 Å². The van der Waals surface area contributed by atoms with Crippen molar-refractivity contribution in [2.45, 2.75) is 26.2 Å². The fourth-order valence-electron chi connectivity index (χ4n) is 0.560. The van der Waals surface area contributed by atoms with Crippen LogP contribution in [0.2, 0.25) is 0 Å². The van der Waals surface area contributed by atoms with Crippen LogP contribution in [-0.4, -0.2) is 19.2 Å². The predicted molar refractivity (Wildman–Crippen MR) is 36.4 cm³/mol. The molecule has 0 N–H and O–H groups in total. The van der Waals surface area contributed by atoms with Gasteiger partial charge in [-0.3, -0.25) is 0 Å². The Kier molecular flexibility index (Phi) is 7.08. The number of carbonyl (C=O) groups excluding carboxylic acids is 1. The van der Waals surface area contributed by atoms with Crippen LogP contribution in [0.1, 0.15) is 26.2 Å². The maximum atomic E-state index is 9.77. The van der Waals surface area contributed by atoms with Crippen LogP contribution in [0.4, 0.5) is 0 Å². The molecule has 0 aromatic carbocycles. The van der Waals surface area contributed by atoms with Crippen molar-refractivity contribution >= 4 is 5.97 Å². The fraction of sp³-hybridized carbons (Fsp3) is 0.857. The highest BCUT2D eigenvalue weighted by Gasteiger charge is 1.89. The van der Waals surface area contributed by atoms with Crippen LogP contribution in [0.25, 0.3) is 0 Å². The Balaban J connectivity index is 2.85. The maximum Gasteiger partial charge on any atom is 0.122 e. The minimum absolute atomic E-state index is 0.446. The fourth-order valence-corrected chi connectivity index (χ4v) is 0.560. The number of hydrogen-bond donors (Lipinski definition) is 0. The lowest BCUT2D eigenvalue weighted by Gasteiger charge is -2.03. The van der Waals surface area contributed by atoms with E-state index in [9.17, 15) is 9.90 Å². The molecule has 0 atom stereocenters. The van der Waals surface area contributed by atoms with Crippen LogP contribution >= 0.6 is 0 Å². The normalized spacial score (nSPS) is 9.91. The summed E-state index contributed by atoms with van der Waals surface area (Å²) >= 11 is 0. The largest absolute Gasteiger partial charge is 0.547 e. The van der Waals surface area contributed by atoms with Crippen molar-refractivity contribution in [2.75, 3.05) is 13.2 Å². The monoisotopic (exact) mass is 161 g/mol. The smallest absolute Gasteiger partial charge is 0.122 e. The Labute approximate surface area is 66.0 Å². The summed E-state index contributed by atoms with van der Waals surface area (Å²) < 4.78 is 0. The predicted octanol–water partition coefficient (Wildman–Crippen LogP) is -0.125. The van der Waals surface area contributed by atoms with E-state index < -0.39 is 12.6 Å². The van der Waals surface area contributed by atoms with E-state index in [1.54, 1.807) is 0 Å². The average molecular weight is 161 g/mol. The van der Waals surface area contributed by atoms with Gasteiger partial charge in [-0.05, 0) is 6.42 Å². The van der Waals surface area contributed by atoms with Crippen molar-refractivity contribution in [3.63, 3.8) is 0 Å².